The Balaban J connectivity index is 1.51. The largest absolute Gasteiger partial charge is 0.486 e. The number of hydrogen-bond acceptors (Lipinski definition) is 7. The molecule has 4 heterocycles. The van der Waals surface area contributed by atoms with Gasteiger partial charge in [-0.1, -0.05) is 18.2 Å². The number of likely N-dealkylation sites (tertiary alicyclic amines) is 1. The Hall–Kier alpha value is -3.79. The van der Waals surface area contributed by atoms with Gasteiger partial charge in [-0.15, -0.1) is 0 Å². The molecular weight excluding hydrogens is 460 g/mol. The summed E-state index contributed by atoms with van der Waals surface area (Å²) in [5.74, 6) is 0.705. The SMILES string of the molecule is C=CC(=O)N1CCC[C@@H](n2nc(C(=O)Nc3ccc4c(c3)OCCO4)c3c(N)ncc(Cl)c32)C1. The number of hydrogen-bond donors (Lipinski definition) is 2. The molecule has 1 atom stereocenters. The topological polar surface area (TPSA) is 125 Å². The molecular formula is C23H23ClN6O4. The zero-order chi connectivity index (χ0) is 23.8. The van der Waals surface area contributed by atoms with E-state index in [-0.39, 0.29) is 23.5 Å². The fraction of sp³-hybridized carbons (Fsp3) is 0.304. The van der Waals surface area contributed by atoms with Gasteiger partial charge < -0.3 is 25.4 Å². The molecule has 34 heavy (non-hydrogen) atoms. The number of nitrogens with two attached hydrogens (primary N) is 1. The Morgan fingerprint density at radius 1 is 1.26 bits per heavy atom. The minimum Gasteiger partial charge on any atom is -0.486 e. The van der Waals surface area contributed by atoms with E-state index in [1.165, 1.54) is 12.3 Å². The average molecular weight is 483 g/mol. The van der Waals surface area contributed by atoms with E-state index in [9.17, 15) is 9.59 Å². The van der Waals surface area contributed by atoms with Crippen molar-refractivity contribution in [3.8, 4) is 11.5 Å². The van der Waals surface area contributed by atoms with E-state index >= 15 is 0 Å². The second-order valence-corrected chi connectivity index (χ2v) is 8.51. The molecule has 2 aromatic heterocycles. The maximum atomic E-state index is 13.3. The molecule has 1 fully saturated rings. The summed E-state index contributed by atoms with van der Waals surface area (Å²) in [6, 6.07) is 4.97. The summed E-state index contributed by atoms with van der Waals surface area (Å²) in [6.07, 6.45) is 4.28. The van der Waals surface area contributed by atoms with Crippen LogP contribution >= 0.6 is 11.6 Å². The van der Waals surface area contributed by atoms with E-state index in [0.717, 1.165) is 12.8 Å². The van der Waals surface area contributed by atoms with Crippen LogP contribution in [-0.2, 0) is 4.79 Å². The van der Waals surface area contributed by atoms with Gasteiger partial charge in [0.15, 0.2) is 17.2 Å². The lowest BCUT2D eigenvalue weighted by molar-refractivity contribution is -0.127. The highest BCUT2D eigenvalue weighted by Gasteiger charge is 2.30. The third-order valence-corrected chi connectivity index (χ3v) is 6.23. The number of ether oxygens (including phenoxy) is 2. The van der Waals surface area contributed by atoms with E-state index in [1.54, 1.807) is 27.8 Å². The quantitative estimate of drug-likeness (QED) is 0.547. The highest BCUT2D eigenvalue weighted by molar-refractivity contribution is 6.36. The first-order chi connectivity index (χ1) is 16.5. The lowest BCUT2D eigenvalue weighted by Crippen LogP contribution is -2.40. The van der Waals surface area contributed by atoms with E-state index in [2.05, 4.69) is 22.0 Å². The number of halogens is 1. The van der Waals surface area contributed by atoms with Crippen LogP contribution in [0.15, 0.2) is 37.1 Å². The molecule has 0 aliphatic carbocycles. The number of piperidine rings is 1. The fourth-order valence-electron chi connectivity index (χ4n) is 4.38. The Labute approximate surface area is 200 Å². The first-order valence-corrected chi connectivity index (χ1v) is 11.3. The standard InChI is InChI=1S/C23H23ClN6O4/c1-2-18(31)29-7-3-4-14(12-29)30-21-15(24)11-26-22(25)19(21)20(28-30)23(32)27-13-5-6-16-17(10-13)34-9-8-33-16/h2,5-6,10-11,14H,1,3-4,7-9,12H2,(H2,25,26)(H,27,32)/t14-/m1/s1. The number of nitrogens with zero attached hydrogens (tertiary/aromatic N) is 4. The van der Waals surface area contributed by atoms with Gasteiger partial charge in [0, 0.05) is 24.8 Å². The van der Waals surface area contributed by atoms with Crippen LogP contribution in [-0.4, -0.2) is 57.8 Å². The lowest BCUT2D eigenvalue weighted by Gasteiger charge is -2.32. The molecule has 0 saturated carbocycles. The lowest BCUT2D eigenvalue weighted by atomic mass is 10.1. The molecule has 10 nitrogen and oxygen atoms in total. The summed E-state index contributed by atoms with van der Waals surface area (Å²) in [5, 5.41) is 8.15. The van der Waals surface area contributed by atoms with Crippen molar-refractivity contribution >= 4 is 45.8 Å². The number of nitrogens with one attached hydrogen (secondary N) is 1. The summed E-state index contributed by atoms with van der Waals surface area (Å²) in [5.41, 5.74) is 7.30. The first-order valence-electron chi connectivity index (χ1n) is 10.9. The van der Waals surface area contributed by atoms with Crippen molar-refractivity contribution in [1.82, 2.24) is 19.7 Å². The van der Waals surface area contributed by atoms with Gasteiger partial charge in [-0.3, -0.25) is 14.3 Å². The Morgan fingerprint density at radius 3 is 2.85 bits per heavy atom. The molecule has 3 N–H and O–H groups in total. The first kappa shape index (κ1) is 22.0. The molecule has 3 aromatic rings. The van der Waals surface area contributed by atoms with Crippen LogP contribution in [0.5, 0.6) is 11.5 Å². The second-order valence-electron chi connectivity index (χ2n) is 8.11. The number of rotatable bonds is 4. The Bertz CT molecular complexity index is 1310. The predicted molar refractivity (Wildman–Crippen MR) is 127 cm³/mol. The molecule has 0 bridgehead atoms. The third kappa shape index (κ3) is 3.90. The van der Waals surface area contributed by atoms with Crippen molar-refractivity contribution in [2.24, 2.45) is 0 Å². The molecule has 2 amide bonds. The number of nitrogen functional groups attached to an aromatic ring is 1. The monoisotopic (exact) mass is 482 g/mol. The van der Waals surface area contributed by atoms with Gasteiger partial charge in [0.2, 0.25) is 5.91 Å². The summed E-state index contributed by atoms with van der Waals surface area (Å²) >= 11 is 6.50. The highest BCUT2D eigenvalue weighted by Crippen LogP contribution is 2.35. The normalized spacial score (nSPS) is 17.4. The van der Waals surface area contributed by atoms with Gasteiger partial charge in [0.25, 0.3) is 5.91 Å². The number of benzene rings is 1. The predicted octanol–water partition coefficient (Wildman–Crippen LogP) is 3.04. The van der Waals surface area contributed by atoms with Crippen molar-refractivity contribution in [2.75, 3.05) is 37.4 Å². The van der Waals surface area contributed by atoms with Crippen molar-refractivity contribution in [2.45, 2.75) is 18.9 Å². The van der Waals surface area contributed by atoms with Crippen molar-refractivity contribution in [3.63, 3.8) is 0 Å². The van der Waals surface area contributed by atoms with Crippen LogP contribution in [0.3, 0.4) is 0 Å². The van der Waals surface area contributed by atoms with E-state index in [4.69, 9.17) is 26.8 Å². The molecule has 0 radical (unpaired) electrons. The Kier molecular flexibility index (Phi) is 5.74. The maximum absolute atomic E-state index is 13.3. The summed E-state index contributed by atoms with van der Waals surface area (Å²) < 4.78 is 12.8. The zero-order valence-electron chi connectivity index (χ0n) is 18.3. The third-order valence-electron chi connectivity index (χ3n) is 5.95. The van der Waals surface area contributed by atoms with Gasteiger partial charge in [0.1, 0.15) is 19.0 Å². The van der Waals surface area contributed by atoms with Gasteiger partial charge in [-0.25, -0.2) is 4.98 Å². The number of aromatic nitrogens is 3. The van der Waals surface area contributed by atoms with E-state index in [0.29, 0.717) is 59.4 Å². The number of carbonyl (C=O) groups is 2. The second kappa shape index (κ2) is 8.86. The minimum atomic E-state index is -0.467. The maximum Gasteiger partial charge on any atom is 0.276 e. The summed E-state index contributed by atoms with van der Waals surface area (Å²) in [6.45, 7) is 5.54. The van der Waals surface area contributed by atoms with Crippen LogP contribution < -0.4 is 20.5 Å². The van der Waals surface area contributed by atoms with Crippen LogP contribution in [0.25, 0.3) is 10.9 Å². The molecule has 11 heteroatoms. The van der Waals surface area contributed by atoms with E-state index in [1.807, 2.05) is 0 Å². The molecule has 0 unspecified atom stereocenters. The summed E-state index contributed by atoms with van der Waals surface area (Å²) in [4.78, 5) is 31.3. The van der Waals surface area contributed by atoms with Crippen LogP contribution in [0.2, 0.25) is 5.02 Å². The highest BCUT2D eigenvalue weighted by atomic mass is 35.5. The van der Waals surface area contributed by atoms with Crippen LogP contribution in [0, 0.1) is 0 Å². The number of carbonyl (C=O) groups excluding carboxylic acids is 2. The zero-order valence-corrected chi connectivity index (χ0v) is 19.0. The number of anilines is 2. The smallest absolute Gasteiger partial charge is 0.276 e. The van der Waals surface area contributed by atoms with Gasteiger partial charge >= 0.3 is 0 Å². The van der Waals surface area contributed by atoms with Crippen molar-refractivity contribution in [1.29, 1.82) is 0 Å². The molecule has 2 aliphatic heterocycles. The van der Waals surface area contributed by atoms with Crippen molar-refractivity contribution in [3.05, 3.63) is 47.8 Å². The molecule has 1 aromatic carbocycles. The molecule has 1 saturated heterocycles. The van der Waals surface area contributed by atoms with Crippen LogP contribution in [0.1, 0.15) is 29.4 Å². The fourth-order valence-corrected chi connectivity index (χ4v) is 4.61. The molecule has 176 valence electrons. The van der Waals surface area contributed by atoms with E-state index < -0.39 is 5.91 Å². The number of fused-ring (bicyclic) bond motifs is 2. The number of amides is 2. The average Bonchev–Trinajstić information content (AvgIpc) is 3.28. The summed E-state index contributed by atoms with van der Waals surface area (Å²) in [7, 11) is 0. The minimum absolute atomic E-state index is 0.101. The molecule has 5 rings (SSSR count). The van der Waals surface area contributed by atoms with Crippen LogP contribution in [0.4, 0.5) is 11.5 Å². The van der Waals surface area contributed by atoms with Gasteiger partial charge in [0.05, 0.1) is 28.2 Å². The van der Waals surface area contributed by atoms with Crippen molar-refractivity contribution < 1.29 is 19.1 Å². The molecule has 2 aliphatic rings. The van der Waals surface area contributed by atoms with Gasteiger partial charge in [-0.05, 0) is 31.1 Å². The van der Waals surface area contributed by atoms with Gasteiger partial charge in [-0.2, -0.15) is 5.10 Å². The molecule has 0 spiro atoms. The Morgan fingerprint density at radius 2 is 2.06 bits per heavy atom. The number of pyridine rings is 1.